The number of nitrogens with one attached hydrogen (secondary N) is 3. The summed E-state index contributed by atoms with van der Waals surface area (Å²) in [5.41, 5.74) is 5.93. The summed E-state index contributed by atoms with van der Waals surface area (Å²) in [6, 6.07) is 5.56. The SMILES string of the molecule is NCC(=O)NC(CS)C(=O)NC(CS)C(=O)NC(Cc1ccccc1)C(=O)O. The number of hydrogen-bond acceptors (Lipinski definition) is 7. The fourth-order valence-electron chi connectivity index (χ4n) is 2.24. The standard InChI is InChI=1S/C17H24N4O5S2/c18-7-14(22)19-12(8-27)15(23)21-13(9-28)16(24)20-11(17(25)26)6-10-4-2-1-3-5-10/h1-5,11-13,27-28H,6-9,18H2,(H,19,22)(H,20,24)(H,21,23)(H,25,26). The van der Waals surface area contributed by atoms with Crippen molar-refractivity contribution in [2.45, 2.75) is 24.5 Å². The Labute approximate surface area is 173 Å². The van der Waals surface area contributed by atoms with Crippen molar-refractivity contribution in [1.29, 1.82) is 0 Å². The number of nitrogens with two attached hydrogens (primary N) is 1. The van der Waals surface area contributed by atoms with Crippen LogP contribution in [-0.4, -0.2) is 65.0 Å². The lowest BCUT2D eigenvalue weighted by atomic mass is 10.1. The minimum Gasteiger partial charge on any atom is -0.480 e. The van der Waals surface area contributed by atoms with Gasteiger partial charge in [-0.1, -0.05) is 30.3 Å². The largest absolute Gasteiger partial charge is 0.480 e. The molecule has 3 amide bonds. The van der Waals surface area contributed by atoms with Crippen LogP contribution in [0.15, 0.2) is 30.3 Å². The average molecular weight is 429 g/mol. The van der Waals surface area contributed by atoms with Gasteiger partial charge in [0, 0.05) is 17.9 Å². The zero-order valence-corrected chi connectivity index (χ0v) is 16.8. The van der Waals surface area contributed by atoms with Gasteiger partial charge in [0.05, 0.1) is 6.54 Å². The second-order valence-corrected chi connectivity index (χ2v) is 6.57. The Morgan fingerprint density at radius 2 is 1.39 bits per heavy atom. The Kier molecular flexibility index (Phi) is 10.4. The van der Waals surface area contributed by atoms with E-state index in [2.05, 4.69) is 41.2 Å². The van der Waals surface area contributed by atoms with Crippen LogP contribution in [-0.2, 0) is 25.6 Å². The summed E-state index contributed by atoms with van der Waals surface area (Å²) in [4.78, 5) is 47.6. The third-order valence-corrected chi connectivity index (χ3v) is 4.46. The zero-order chi connectivity index (χ0) is 21.1. The minimum atomic E-state index is -1.20. The van der Waals surface area contributed by atoms with Crippen LogP contribution in [0.5, 0.6) is 0 Å². The molecule has 1 rings (SSSR count). The first-order valence-corrected chi connectivity index (χ1v) is 9.67. The van der Waals surface area contributed by atoms with Gasteiger partial charge in [0.15, 0.2) is 0 Å². The van der Waals surface area contributed by atoms with Crippen LogP contribution in [0, 0.1) is 0 Å². The van der Waals surface area contributed by atoms with Gasteiger partial charge >= 0.3 is 5.97 Å². The minimum absolute atomic E-state index is 0.00968. The predicted molar refractivity (Wildman–Crippen MR) is 110 cm³/mol. The molecular weight excluding hydrogens is 404 g/mol. The molecule has 0 radical (unpaired) electrons. The topological polar surface area (TPSA) is 151 Å². The first kappa shape index (κ1) is 23.8. The molecule has 154 valence electrons. The maximum Gasteiger partial charge on any atom is 0.326 e. The van der Waals surface area contributed by atoms with Gasteiger partial charge in [-0.2, -0.15) is 25.3 Å². The highest BCUT2D eigenvalue weighted by atomic mass is 32.1. The molecule has 3 atom stereocenters. The summed E-state index contributed by atoms with van der Waals surface area (Å²) in [5, 5.41) is 16.6. The quantitative estimate of drug-likeness (QED) is 0.215. The van der Waals surface area contributed by atoms with E-state index in [9.17, 15) is 24.3 Å². The maximum absolute atomic E-state index is 12.4. The number of hydrogen-bond donors (Lipinski definition) is 7. The van der Waals surface area contributed by atoms with E-state index in [4.69, 9.17) is 5.73 Å². The van der Waals surface area contributed by atoms with Crippen molar-refractivity contribution in [2.75, 3.05) is 18.1 Å². The van der Waals surface area contributed by atoms with E-state index >= 15 is 0 Å². The molecule has 0 saturated heterocycles. The van der Waals surface area contributed by atoms with Crippen LogP contribution in [0.2, 0.25) is 0 Å². The van der Waals surface area contributed by atoms with Gasteiger partial charge in [-0.15, -0.1) is 0 Å². The summed E-state index contributed by atoms with van der Waals surface area (Å²) in [6.07, 6.45) is 0.0843. The highest BCUT2D eigenvalue weighted by Gasteiger charge is 2.28. The Morgan fingerprint density at radius 1 is 0.893 bits per heavy atom. The van der Waals surface area contributed by atoms with Gasteiger partial charge in [-0.05, 0) is 5.56 Å². The highest BCUT2D eigenvalue weighted by Crippen LogP contribution is 2.04. The van der Waals surface area contributed by atoms with Crippen LogP contribution in [0.25, 0.3) is 0 Å². The number of rotatable bonds is 11. The lowest BCUT2D eigenvalue weighted by Gasteiger charge is -2.23. The van der Waals surface area contributed by atoms with E-state index < -0.39 is 41.8 Å². The summed E-state index contributed by atoms with van der Waals surface area (Å²) in [7, 11) is 0. The second-order valence-electron chi connectivity index (χ2n) is 5.84. The summed E-state index contributed by atoms with van der Waals surface area (Å²) in [5.74, 6) is -3.18. The molecule has 0 heterocycles. The van der Waals surface area contributed by atoms with E-state index in [0.29, 0.717) is 0 Å². The van der Waals surface area contributed by atoms with E-state index in [-0.39, 0.29) is 24.5 Å². The van der Waals surface area contributed by atoms with Crippen molar-refractivity contribution in [3.8, 4) is 0 Å². The van der Waals surface area contributed by atoms with Crippen molar-refractivity contribution in [2.24, 2.45) is 5.73 Å². The van der Waals surface area contributed by atoms with Gasteiger partial charge in [-0.3, -0.25) is 14.4 Å². The molecular formula is C17H24N4O5S2. The second kappa shape index (κ2) is 12.3. The summed E-state index contributed by atoms with van der Waals surface area (Å²) < 4.78 is 0. The van der Waals surface area contributed by atoms with E-state index in [1.165, 1.54) is 0 Å². The molecule has 0 bridgehead atoms. The molecule has 6 N–H and O–H groups in total. The molecule has 3 unspecified atom stereocenters. The van der Waals surface area contributed by atoms with Gasteiger partial charge < -0.3 is 26.8 Å². The number of amides is 3. The third kappa shape index (κ3) is 7.79. The van der Waals surface area contributed by atoms with Crippen molar-refractivity contribution in [3.63, 3.8) is 0 Å². The lowest BCUT2D eigenvalue weighted by Crippen LogP contribution is -2.57. The van der Waals surface area contributed by atoms with Gasteiger partial charge in [0.25, 0.3) is 0 Å². The van der Waals surface area contributed by atoms with Crippen LogP contribution in [0.4, 0.5) is 0 Å². The predicted octanol–water partition coefficient (Wildman–Crippen LogP) is -1.41. The first-order chi connectivity index (χ1) is 13.3. The Morgan fingerprint density at radius 3 is 1.86 bits per heavy atom. The van der Waals surface area contributed by atoms with Gasteiger partial charge in [0.2, 0.25) is 17.7 Å². The molecule has 11 heteroatoms. The fraction of sp³-hybridized carbons (Fsp3) is 0.412. The van der Waals surface area contributed by atoms with Crippen LogP contribution >= 0.6 is 25.3 Å². The normalized spacial score (nSPS) is 13.7. The lowest BCUT2D eigenvalue weighted by molar-refractivity contribution is -0.142. The van der Waals surface area contributed by atoms with Crippen molar-refractivity contribution < 1.29 is 24.3 Å². The van der Waals surface area contributed by atoms with E-state index in [0.717, 1.165) is 5.56 Å². The summed E-state index contributed by atoms with van der Waals surface area (Å²) in [6.45, 7) is -0.298. The molecule has 28 heavy (non-hydrogen) atoms. The Balaban J connectivity index is 2.75. The maximum atomic E-state index is 12.4. The van der Waals surface area contributed by atoms with Crippen molar-refractivity contribution >= 4 is 48.9 Å². The molecule has 0 fully saturated rings. The fourth-order valence-corrected chi connectivity index (χ4v) is 2.75. The van der Waals surface area contributed by atoms with E-state index in [1.807, 2.05) is 0 Å². The summed E-state index contributed by atoms with van der Waals surface area (Å²) >= 11 is 8.04. The number of benzene rings is 1. The molecule has 0 aliphatic carbocycles. The molecule has 0 aliphatic heterocycles. The number of carbonyl (C=O) groups is 4. The highest BCUT2D eigenvalue weighted by molar-refractivity contribution is 7.80. The molecule has 0 saturated carbocycles. The molecule has 1 aromatic carbocycles. The Hall–Kier alpha value is -2.24. The van der Waals surface area contributed by atoms with Crippen LogP contribution in [0.1, 0.15) is 5.56 Å². The van der Waals surface area contributed by atoms with Crippen molar-refractivity contribution in [3.05, 3.63) is 35.9 Å². The average Bonchev–Trinajstić information content (AvgIpc) is 2.69. The molecule has 0 spiro atoms. The number of carboxylic acids is 1. The third-order valence-electron chi connectivity index (χ3n) is 3.73. The zero-order valence-electron chi connectivity index (χ0n) is 15.0. The van der Waals surface area contributed by atoms with Crippen molar-refractivity contribution in [1.82, 2.24) is 16.0 Å². The number of carboxylic acid groups (broad SMARTS) is 1. The van der Waals surface area contributed by atoms with E-state index in [1.54, 1.807) is 30.3 Å². The number of aliphatic carboxylic acids is 1. The first-order valence-electron chi connectivity index (χ1n) is 8.41. The molecule has 1 aromatic rings. The monoisotopic (exact) mass is 428 g/mol. The van der Waals surface area contributed by atoms with Gasteiger partial charge in [-0.25, -0.2) is 4.79 Å². The van der Waals surface area contributed by atoms with Gasteiger partial charge in [0.1, 0.15) is 18.1 Å². The number of thiol groups is 2. The van der Waals surface area contributed by atoms with Crippen LogP contribution < -0.4 is 21.7 Å². The number of carbonyl (C=O) groups excluding carboxylic acids is 3. The van der Waals surface area contributed by atoms with Crippen LogP contribution in [0.3, 0.4) is 0 Å². The molecule has 0 aromatic heterocycles. The Bertz CT molecular complexity index is 689. The molecule has 9 nitrogen and oxygen atoms in total. The molecule has 0 aliphatic rings. The smallest absolute Gasteiger partial charge is 0.326 e.